The highest BCUT2D eigenvalue weighted by molar-refractivity contribution is 5.95. The van der Waals surface area contributed by atoms with Gasteiger partial charge in [0.25, 0.3) is 5.91 Å². The third-order valence-electron chi connectivity index (χ3n) is 5.23. The largest absolute Gasteiger partial charge is 0.481 e. The molecule has 27 heavy (non-hydrogen) atoms. The van der Waals surface area contributed by atoms with Crippen LogP contribution in [0.25, 0.3) is 5.69 Å². The fourth-order valence-corrected chi connectivity index (χ4v) is 3.67. The Kier molecular flexibility index (Phi) is 5.88. The molecule has 2 atom stereocenters. The van der Waals surface area contributed by atoms with Gasteiger partial charge in [-0.05, 0) is 44.0 Å². The molecule has 2 aromatic rings. The van der Waals surface area contributed by atoms with Crippen LogP contribution in [0.15, 0.2) is 30.5 Å². The molecule has 0 aliphatic heterocycles. The standard InChI is InChI=1S/C20H24FN3O3/c1-13-17(12-22-24(13)15-10-8-14(21)9-11-15)19(25)23-18-7-5-3-2-4-6-16(18)20(26)27/h8-12,16,18H,2-7H2,1H3,(H,23,25)(H,26,27). The minimum Gasteiger partial charge on any atom is -0.481 e. The van der Waals surface area contributed by atoms with E-state index in [-0.39, 0.29) is 17.8 Å². The highest BCUT2D eigenvalue weighted by atomic mass is 19.1. The zero-order chi connectivity index (χ0) is 19.4. The van der Waals surface area contributed by atoms with Gasteiger partial charge in [0.1, 0.15) is 5.82 Å². The summed E-state index contributed by atoms with van der Waals surface area (Å²) in [7, 11) is 0. The van der Waals surface area contributed by atoms with E-state index >= 15 is 0 Å². The van der Waals surface area contributed by atoms with Crippen molar-refractivity contribution >= 4 is 11.9 Å². The molecule has 1 aliphatic rings. The highest BCUT2D eigenvalue weighted by Gasteiger charge is 2.30. The van der Waals surface area contributed by atoms with Crippen molar-refractivity contribution in [1.29, 1.82) is 0 Å². The van der Waals surface area contributed by atoms with Gasteiger partial charge in [-0.15, -0.1) is 0 Å². The topological polar surface area (TPSA) is 84.2 Å². The molecule has 2 unspecified atom stereocenters. The van der Waals surface area contributed by atoms with E-state index in [2.05, 4.69) is 10.4 Å². The van der Waals surface area contributed by atoms with Gasteiger partial charge in [-0.2, -0.15) is 5.10 Å². The summed E-state index contributed by atoms with van der Waals surface area (Å²) in [6.45, 7) is 1.76. The highest BCUT2D eigenvalue weighted by Crippen LogP contribution is 2.24. The molecule has 1 saturated carbocycles. The maximum atomic E-state index is 13.1. The number of halogens is 1. The van der Waals surface area contributed by atoms with E-state index in [1.54, 1.807) is 23.7 Å². The smallest absolute Gasteiger partial charge is 0.308 e. The molecule has 0 saturated heterocycles. The van der Waals surface area contributed by atoms with Crippen molar-refractivity contribution in [3.63, 3.8) is 0 Å². The number of hydrogen-bond donors (Lipinski definition) is 2. The van der Waals surface area contributed by atoms with Crippen LogP contribution in [-0.4, -0.2) is 32.8 Å². The van der Waals surface area contributed by atoms with Crippen LogP contribution in [0.2, 0.25) is 0 Å². The van der Waals surface area contributed by atoms with Gasteiger partial charge in [-0.25, -0.2) is 9.07 Å². The fourth-order valence-electron chi connectivity index (χ4n) is 3.67. The Hall–Kier alpha value is -2.70. The summed E-state index contributed by atoms with van der Waals surface area (Å²) in [4.78, 5) is 24.4. The summed E-state index contributed by atoms with van der Waals surface area (Å²) in [6, 6.07) is 5.46. The SMILES string of the molecule is Cc1c(C(=O)NC2CCCCCCC2C(=O)O)cnn1-c1ccc(F)cc1. The molecule has 0 spiro atoms. The summed E-state index contributed by atoms with van der Waals surface area (Å²) < 4.78 is 14.7. The molecule has 6 nitrogen and oxygen atoms in total. The minimum absolute atomic E-state index is 0.322. The van der Waals surface area contributed by atoms with Crippen molar-refractivity contribution in [2.75, 3.05) is 0 Å². The van der Waals surface area contributed by atoms with Gasteiger partial charge in [-0.3, -0.25) is 9.59 Å². The summed E-state index contributed by atoms with van der Waals surface area (Å²) in [6.07, 6.45) is 6.57. The number of carbonyl (C=O) groups excluding carboxylic acids is 1. The normalized spacial score (nSPS) is 20.5. The predicted molar refractivity (Wildman–Crippen MR) is 98.3 cm³/mol. The second kappa shape index (κ2) is 8.33. The Labute approximate surface area is 157 Å². The number of hydrogen-bond acceptors (Lipinski definition) is 3. The number of aliphatic carboxylic acids is 1. The van der Waals surface area contributed by atoms with E-state index in [1.165, 1.54) is 18.3 Å². The van der Waals surface area contributed by atoms with Crippen LogP contribution >= 0.6 is 0 Å². The van der Waals surface area contributed by atoms with Gasteiger partial charge in [0.05, 0.1) is 29.1 Å². The molecule has 7 heteroatoms. The predicted octanol–water partition coefficient (Wildman–Crippen LogP) is 3.47. The van der Waals surface area contributed by atoms with E-state index in [1.807, 2.05) is 0 Å². The lowest BCUT2D eigenvalue weighted by Crippen LogP contribution is -2.44. The van der Waals surface area contributed by atoms with Gasteiger partial charge in [-0.1, -0.05) is 25.7 Å². The molecule has 3 rings (SSSR count). The maximum absolute atomic E-state index is 13.1. The summed E-state index contributed by atoms with van der Waals surface area (Å²) in [5.41, 5.74) is 1.67. The number of aromatic nitrogens is 2. The Bertz CT molecular complexity index is 816. The average molecular weight is 373 g/mol. The first kappa shape index (κ1) is 19.1. The van der Waals surface area contributed by atoms with Crippen LogP contribution < -0.4 is 5.32 Å². The molecule has 1 fully saturated rings. The summed E-state index contributed by atoms with van der Waals surface area (Å²) >= 11 is 0. The first-order valence-electron chi connectivity index (χ1n) is 9.31. The first-order chi connectivity index (χ1) is 13.0. The maximum Gasteiger partial charge on any atom is 0.308 e. The Morgan fingerprint density at radius 1 is 1.15 bits per heavy atom. The van der Waals surface area contributed by atoms with Gasteiger partial charge in [0.15, 0.2) is 0 Å². The lowest BCUT2D eigenvalue weighted by Gasteiger charge is -2.27. The average Bonchev–Trinajstić information content (AvgIpc) is 2.99. The van der Waals surface area contributed by atoms with E-state index < -0.39 is 11.9 Å². The number of carboxylic acid groups (broad SMARTS) is 1. The van der Waals surface area contributed by atoms with Crippen molar-refractivity contribution in [3.05, 3.63) is 47.5 Å². The third-order valence-corrected chi connectivity index (χ3v) is 5.23. The number of amides is 1. The minimum atomic E-state index is -0.860. The molecule has 144 valence electrons. The summed E-state index contributed by atoms with van der Waals surface area (Å²) in [5, 5.41) is 16.7. The van der Waals surface area contributed by atoms with Crippen molar-refractivity contribution in [1.82, 2.24) is 15.1 Å². The van der Waals surface area contributed by atoms with E-state index in [9.17, 15) is 19.1 Å². The first-order valence-corrected chi connectivity index (χ1v) is 9.31. The monoisotopic (exact) mass is 373 g/mol. The molecular formula is C20H24FN3O3. The summed E-state index contributed by atoms with van der Waals surface area (Å²) in [5.74, 6) is -2.09. The Balaban J connectivity index is 1.79. The molecule has 1 aromatic heterocycles. The van der Waals surface area contributed by atoms with Crippen LogP contribution in [0.4, 0.5) is 4.39 Å². The number of carbonyl (C=O) groups is 2. The van der Waals surface area contributed by atoms with Crippen LogP contribution in [-0.2, 0) is 4.79 Å². The second-order valence-corrected chi connectivity index (χ2v) is 7.05. The van der Waals surface area contributed by atoms with E-state index in [0.29, 0.717) is 29.8 Å². The van der Waals surface area contributed by atoms with Crippen LogP contribution in [0, 0.1) is 18.7 Å². The van der Waals surface area contributed by atoms with Crippen LogP contribution in [0.3, 0.4) is 0 Å². The number of carboxylic acids is 1. The number of nitrogens with one attached hydrogen (secondary N) is 1. The molecule has 1 heterocycles. The molecule has 0 radical (unpaired) electrons. The molecule has 0 bridgehead atoms. The van der Waals surface area contributed by atoms with Gasteiger partial charge >= 0.3 is 5.97 Å². The van der Waals surface area contributed by atoms with Crippen molar-refractivity contribution < 1.29 is 19.1 Å². The zero-order valence-corrected chi connectivity index (χ0v) is 15.3. The molecule has 1 aromatic carbocycles. The van der Waals surface area contributed by atoms with Crippen LogP contribution in [0.5, 0.6) is 0 Å². The lowest BCUT2D eigenvalue weighted by molar-refractivity contribution is -0.143. The molecule has 2 N–H and O–H groups in total. The second-order valence-electron chi connectivity index (χ2n) is 7.05. The van der Waals surface area contributed by atoms with E-state index in [4.69, 9.17) is 0 Å². The van der Waals surface area contributed by atoms with Crippen molar-refractivity contribution in [2.24, 2.45) is 5.92 Å². The zero-order valence-electron chi connectivity index (χ0n) is 15.3. The fraction of sp³-hybridized carbons (Fsp3) is 0.450. The Morgan fingerprint density at radius 2 is 1.81 bits per heavy atom. The molecule has 1 aliphatic carbocycles. The van der Waals surface area contributed by atoms with Gasteiger partial charge in [0.2, 0.25) is 0 Å². The third kappa shape index (κ3) is 4.35. The van der Waals surface area contributed by atoms with Gasteiger partial charge < -0.3 is 10.4 Å². The quantitative estimate of drug-likeness (QED) is 0.859. The van der Waals surface area contributed by atoms with Gasteiger partial charge in [0, 0.05) is 6.04 Å². The molecule has 1 amide bonds. The molecular weight excluding hydrogens is 349 g/mol. The van der Waals surface area contributed by atoms with E-state index in [0.717, 1.165) is 25.7 Å². The number of benzene rings is 1. The van der Waals surface area contributed by atoms with Crippen molar-refractivity contribution in [2.45, 2.75) is 51.5 Å². The number of nitrogens with zero attached hydrogens (tertiary/aromatic N) is 2. The lowest BCUT2D eigenvalue weighted by atomic mass is 9.86. The van der Waals surface area contributed by atoms with Crippen LogP contribution in [0.1, 0.15) is 54.6 Å². The number of rotatable bonds is 4. The Morgan fingerprint density at radius 3 is 2.48 bits per heavy atom. The van der Waals surface area contributed by atoms with Crippen molar-refractivity contribution in [3.8, 4) is 5.69 Å².